The maximum Gasteiger partial charge on any atom is 0.254 e. The Hall–Kier alpha value is -1.29. The van der Waals surface area contributed by atoms with Crippen LogP contribution in [0.2, 0.25) is 0 Å². The van der Waals surface area contributed by atoms with Crippen molar-refractivity contribution in [3.63, 3.8) is 0 Å². The lowest BCUT2D eigenvalue weighted by Crippen LogP contribution is -2.33. The number of nitrogens with one attached hydrogen (secondary N) is 1. The van der Waals surface area contributed by atoms with Gasteiger partial charge in [0.1, 0.15) is 12.0 Å². The molecule has 4 heteroatoms. The zero-order valence-corrected chi connectivity index (χ0v) is 10.3. The van der Waals surface area contributed by atoms with Crippen LogP contribution < -0.4 is 11.1 Å². The lowest BCUT2D eigenvalue weighted by atomic mass is 9.89. The van der Waals surface area contributed by atoms with Gasteiger partial charge in [-0.3, -0.25) is 4.79 Å². The van der Waals surface area contributed by atoms with E-state index < -0.39 is 0 Å². The highest BCUT2D eigenvalue weighted by Crippen LogP contribution is 2.36. The molecule has 17 heavy (non-hydrogen) atoms. The summed E-state index contributed by atoms with van der Waals surface area (Å²) in [6, 6.07) is 1.70. The van der Waals surface area contributed by atoms with E-state index in [0.29, 0.717) is 17.9 Å². The Bertz CT molecular complexity index is 392. The predicted octanol–water partition coefficient (Wildman–Crippen LogP) is 2.05. The molecule has 1 amide bonds. The predicted molar refractivity (Wildman–Crippen MR) is 65.5 cm³/mol. The van der Waals surface area contributed by atoms with E-state index in [9.17, 15) is 4.79 Å². The fraction of sp³-hybridized carbons (Fsp3) is 0.615. The Morgan fingerprint density at radius 2 is 2.24 bits per heavy atom. The summed E-state index contributed by atoms with van der Waals surface area (Å²) in [6.45, 7) is 3.31. The number of furan rings is 1. The van der Waals surface area contributed by atoms with E-state index in [-0.39, 0.29) is 11.3 Å². The Kier molecular flexibility index (Phi) is 3.52. The smallest absolute Gasteiger partial charge is 0.254 e. The fourth-order valence-electron chi connectivity index (χ4n) is 2.41. The van der Waals surface area contributed by atoms with Gasteiger partial charge in [0.2, 0.25) is 0 Å². The Morgan fingerprint density at radius 1 is 1.53 bits per heavy atom. The summed E-state index contributed by atoms with van der Waals surface area (Å²) in [5.74, 6) is 0.573. The van der Waals surface area contributed by atoms with Gasteiger partial charge in [-0.2, -0.15) is 0 Å². The Morgan fingerprint density at radius 3 is 2.82 bits per heavy atom. The van der Waals surface area contributed by atoms with E-state index in [1.165, 1.54) is 31.9 Å². The summed E-state index contributed by atoms with van der Waals surface area (Å²) < 4.78 is 5.15. The molecule has 2 rings (SSSR count). The van der Waals surface area contributed by atoms with Crippen LogP contribution in [0.3, 0.4) is 0 Å². The van der Waals surface area contributed by atoms with E-state index >= 15 is 0 Å². The number of hydrogen-bond acceptors (Lipinski definition) is 3. The molecule has 0 unspecified atom stereocenters. The van der Waals surface area contributed by atoms with Gasteiger partial charge in [-0.1, -0.05) is 19.8 Å². The van der Waals surface area contributed by atoms with Crippen LogP contribution in [0.4, 0.5) is 0 Å². The zero-order valence-electron chi connectivity index (χ0n) is 10.3. The number of carbonyl (C=O) groups excluding carboxylic acids is 1. The lowest BCUT2D eigenvalue weighted by molar-refractivity contribution is 0.0933. The first kappa shape index (κ1) is 12.2. The minimum absolute atomic E-state index is 0.0680. The summed E-state index contributed by atoms with van der Waals surface area (Å²) in [5, 5.41) is 2.98. The molecule has 1 aliphatic rings. The first-order valence-electron chi connectivity index (χ1n) is 6.19. The van der Waals surface area contributed by atoms with E-state index in [4.69, 9.17) is 10.2 Å². The standard InChI is InChI=1S/C13H20N2O2/c1-13(4-2-3-5-13)9-15-12(16)10-6-11(7-14)17-8-10/h6,8H,2-5,7,9,14H2,1H3,(H,15,16). The van der Waals surface area contributed by atoms with Gasteiger partial charge in [0.05, 0.1) is 12.1 Å². The molecule has 3 N–H and O–H groups in total. The van der Waals surface area contributed by atoms with Gasteiger partial charge in [-0.05, 0) is 24.3 Å². The summed E-state index contributed by atoms with van der Waals surface area (Å²) in [4.78, 5) is 11.9. The van der Waals surface area contributed by atoms with Crippen molar-refractivity contribution in [3.8, 4) is 0 Å². The molecule has 0 aromatic carbocycles. The van der Waals surface area contributed by atoms with Crippen molar-refractivity contribution in [2.24, 2.45) is 11.1 Å². The molecular formula is C13H20N2O2. The molecule has 0 bridgehead atoms. The SMILES string of the molecule is CC1(CNC(=O)c2coc(CN)c2)CCCC1. The minimum atomic E-state index is -0.0680. The quantitative estimate of drug-likeness (QED) is 0.840. The van der Waals surface area contributed by atoms with Crippen LogP contribution in [0.5, 0.6) is 0 Å². The molecule has 1 saturated carbocycles. The second-order valence-corrected chi connectivity index (χ2v) is 5.21. The Balaban J connectivity index is 1.88. The summed E-state index contributed by atoms with van der Waals surface area (Å²) in [7, 11) is 0. The topological polar surface area (TPSA) is 68.3 Å². The second-order valence-electron chi connectivity index (χ2n) is 5.21. The number of hydrogen-bond donors (Lipinski definition) is 2. The first-order chi connectivity index (χ1) is 8.13. The van der Waals surface area contributed by atoms with Gasteiger partial charge in [0, 0.05) is 6.54 Å². The maximum atomic E-state index is 11.9. The monoisotopic (exact) mass is 236 g/mol. The number of amides is 1. The highest BCUT2D eigenvalue weighted by molar-refractivity contribution is 5.93. The van der Waals surface area contributed by atoms with Crippen molar-refractivity contribution in [2.45, 2.75) is 39.2 Å². The molecule has 1 heterocycles. The van der Waals surface area contributed by atoms with Gasteiger partial charge in [-0.15, -0.1) is 0 Å². The van der Waals surface area contributed by atoms with Crippen molar-refractivity contribution < 1.29 is 9.21 Å². The molecular weight excluding hydrogens is 216 g/mol. The molecule has 1 aliphatic carbocycles. The molecule has 0 saturated heterocycles. The third-order valence-corrected chi connectivity index (χ3v) is 3.60. The van der Waals surface area contributed by atoms with E-state index in [2.05, 4.69) is 12.2 Å². The molecule has 0 atom stereocenters. The molecule has 1 aromatic heterocycles. The van der Waals surface area contributed by atoms with Crippen LogP contribution in [0.25, 0.3) is 0 Å². The maximum absolute atomic E-state index is 11.9. The normalized spacial score (nSPS) is 18.2. The van der Waals surface area contributed by atoms with Crippen LogP contribution >= 0.6 is 0 Å². The number of carbonyl (C=O) groups is 1. The van der Waals surface area contributed by atoms with E-state index in [0.717, 1.165) is 6.54 Å². The van der Waals surface area contributed by atoms with Crippen molar-refractivity contribution in [3.05, 3.63) is 23.7 Å². The summed E-state index contributed by atoms with van der Waals surface area (Å²) in [6.07, 6.45) is 6.42. The lowest BCUT2D eigenvalue weighted by Gasteiger charge is -2.23. The average molecular weight is 236 g/mol. The molecule has 0 spiro atoms. The van der Waals surface area contributed by atoms with Crippen LogP contribution in [0.15, 0.2) is 16.7 Å². The van der Waals surface area contributed by atoms with Gasteiger partial charge in [0.25, 0.3) is 5.91 Å². The average Bonchev–Trinajstić information content (AvgIpc) is 2.95. The Labute approximate surface area is 102 Å². The van der Waals surface area contributed by atoms with Crippen molar-refractivity contribution >= 4 is 5.91 Å². The highest BCUT2D eigenvalue weighted by atomic mass is 16.3. The fourth-order valence-corrected chi connectivity index (χ4v) is 2.41. The third kappa shape index (κ3) is 2.88. The second kappa shape index (κ2) is 4.92. The van der Waals surface area contributed by atoms with Crippen LogP contribution in [-0.2, 0) is 6.54 Å². The highest BCUT2D eigenvalue weighted by Gasteiger charge is 2.29. The number of rotatable bonds is 4. The van der Waals surface area contributed by atoms with Crippen molar-refractivity contribution in [2.75, 3.05) is 6.54 Å². The third-order valence-electron chi connectivity index (χ3n) is 3.60. The molecule has 4 nitrogen and oxygen atoms in total. The van der Waals surface area contributed by atoms with Crippen molar-refractivity contribution in [1.29, 1.82) is 0 Å². The van der Waals surface area contributed by atoms with Gasteiger partial charge in [0.15, 0.2) is 0 Å². The van der Waals surface area contributed by atoms with E-state index in [1.807, 2.05) is 0 Å². The largest absolute Gasteiger partial charge is 0.467 e. The van der Waals surface area contributed by atoms with Crippen molar-refractivity contribution in [1.82, 2.24) is 5.32 Å². The minimum Gasteiger partial charge on any atom is -0.467 e. The number of nitrogens with two attached hydrogens (primary N) is 1. The summed E-state index contributed by atoms with van der Waals surface area (Å²) >= 11 is 0. The molecule has 1 aromatic rings. The first-order valence-corrected chi connectivity index (χ1v) is 6.19. The zero-order chi connectivity index (χ0) is 12.3. The van der Waals surface area contributed by atoms with Gasteiger partial charge in [-0.25, -0.2) is 0 Å². The summed E-state index contributed by atoms with van der Waals surface area (Å²) in [5.41, 5.74) is 6.27. The van der Waals surface area contributed by atoms with Gasteiger partial charge < -0.3 is 15.5 Å². The van der Waals surface area contributed by atoms with Gasteiger partial charge >= 0.3 is 0 Å². The van der Waals surface area contributed by atoms with Crippen LogP contribution in [0, 0.1) is 5.41 Å². The van der Waals surface area contributed by atoms with Crippen LogP contribution in [0.1, 0.15) is 48.7 Å². The molecule has 0 aliphatic heterocycles. The van der Waals surface area contributed by atoms with E-state index in [1.54, 1.807) is 6.07 Å². The molecule has 0 radical (unpaired) electrons. The molecule has 94 valence electrons. The molecule has 1 fully saturated rings. The van der Waals surface area contributed by atoms with Crippen LogP contribution in [-0.4, -0.2) is 12.5 Å².